The summed E-state index contributed by atoms with van der Waals surface area (Å²) in [6.45, 7) is 1.96. The largest absolute Gasteiger partial charge is 0.452 e. The Morgan fingerprint density at radius 3 is 2.38 bits per heavy atom. The second kappa shape index (κ2) is 8.73. The van der Waals surface area contributed by atoms with Crippen LogP contribution in [-0.4, -0.2) is 49.5 Å². The molecule has 0 spiro atoms. The van der Waals surface area contributed by atoms with Crippen molar-refractivity contribution < 1.29 is 14.3 Å². The lowest BCUT2D eigenvalue weighted by Gasteiger charge is -2.18. The van der Waals surface area contributed by atoms with Gasteiger partial charge in [-0.2, -0.15) is 0 Å². The van der Waals surface area contributed by atoms with Crippen molar-refractivity contribution in [1.29, 1.82) is 0 Å². The van der Waals surface area contributed by atoms with Gasteiger partial charge in [0, 0.05) is 44.5 Å². The normalized spacial score (nSPS) is 10.6. The first-order valence-corrected chi connectivity index (χ1v) is 9.39. The number of rotatable bonds is 6. The van der Waals surface area contributed by atoms with Crippen molar-refractivity contribution in [1.82, 2.24) is 9.88 Å². The van der Waals surface area contributed by atoms with Crippen molar-refractivity contribution in [3.8, 4) is 0 Å². The van der Waals surface area contributed by atoms with E-state index in [0.717, 1.165) is 22.5 Å². The van der Waals surface area contributed by atoms with Crippen LogP contribution in [0.5, 0.6) is 0 Å². The van der Waals surface area contributed by atoms with Crippen molar-refractivity contribution in [2.24, 2.45) is 0 Å². The molecule has 1 aromatic heterocycles. The Balaban J connectivity index is 1.62. The van der Waals surface area contributed by atoms with E-state index < -0.39 is 5.97 Å². The molecule has 0 saturated heterocycles. The molecular formula is C23H25N3O3. The Hall–Kier alpha value is -3.41. The predicted octanol–water partition coefficient (Wildman–Crippen LogP) is 3.42. The summed E-state index contributed by atoms with van der Waals surface area (Å²) in [5.41, 5.74) is 3.97. The third-order valence-corrected chi connectivity index (χ3v) is 4.69. The van der Waals surface area contributed by atoms with Gasteiger partial charge < -0.3 is 14.5 Å². The van der Waals surface area contributed by atoms with Crippen LogP contribution in [0.4, 0.5) is 5.69 Å². The molecule has 2 aromatic carbocycles. The fraction of sp³-hybridized carbons (Fsp3) is 0.261. The zero-order valence-corrected chi connectivity index (χ0v) is 17.2. The van der Waals surface area contributed by atoms with Gasteiger partial charge in [0.05, 0.1) is 11.1 Å². The first-order valence-electron chi connectivity index (χ1n) is 9.39. The van der Waals surface area contributed by atoms with E-state index in [4.69, 9.17) is 4.74 Å². The molecule has 1 amide bonds. The Labute approximate surface area is 170 Å². The standard InChI is InChI=1S/C23H25N3O3/c1-16-13-20(19-7-5-6-8-21(19)24-16)23(28)29-15-22(27)26(4)14-17-9-11-18(12-10-17)25(2)3/h5-13H,14-15H2,1-4H3. The Morgan fingerprint density at radius 1 is 1.00 bits per heavy atom. The quantitative estimate of drug-likeness (QED) is 0.603. The fourth-order valence-corrected chi connectivity index (χ4v) is 3.05. The second-order valence-corrected chi connectivity index (χ2v) is 7.22. The lowest BCUT2D eigenvalue weighted by Crippen LogP contribution is -2.30. The molecule has 6 heteroatoms. The summed E-state index contributed by atoms with van der Waals surface area (Å²) in [5.74, 6) is -0.783. The van der Waals surface area contributed by atoms with Crippen LogP contribution in [0, 0.1) is 6.92 Å². The molecular weight excluding hydrogens is 366 g/mol. The van der Waals surface area contributed by atoms with Gasteiger partial charge >= 0.3 is 5.97 Å². The molecule has 0 aliphatic heterocycles. The number of para-hydroxylation sites is 1. The zero-order valence-electron chi connectivity index (χ0n) is 17.2. The fourth-order valence-electron chi connectivity index (χ4n) is 3.05. The number of nitrogens with zero attached hydrogens (tertiary/aromatic N) is 3. The van der Waals surface area contributed by atoms with E-state index in [1.807, 2.05) is 74.4 Å². The van der Waals surface area contributed by atoms with Gasteiger partial charge in [-0.3, -0.25) is 9.78 Å². The van der Waals surface area contributed by atoms with Gasteiger partial charge in [-0.05, 0) is 36.8 Å². The molecule has 0 saturated carbocycles. The topological polar surface area (TPSA) is 62.7 Å². The lowest BCUT2D eigenvalue weighted by molar-refractivity contribution is -0.133. The number of carbonyl (C=O) groups excluding carboxylic acids is 2. The first-order chi connectivity index (χ1) is 13.8. The van der Waals surface area contributed by atoms with E-state index in [9.17, 15) is 9.59 Å². The van der Waals surface area contributed by atoms with Crippen molar-refractivity contribution in [2.75, 3.05) is 32.6 Å². The molecule has 0 radical (unpaired) electrons. The number of pyridine rings is 1. The summed E-state index contributed by atoms with van der Waals surface area (Å²) < 4.78 is 5.30. The van der Waals surface area contributed by atoms with Crippen LogP contribution in [0.1, 0.15) is 21.6 Å². The molecule has 29 heavy (non-hydrogen) atoms. The van der Waals surface area contributed by atoms with Gasteiger partial charge in [0.1, 0.15) is 0 Å². The predicted molar refractivity (Wildman–Crippen MR) is 114 cm³/mol. The maximum absolute atomic E-state index is 12.6. The molecule has 1 heterocycles. The van der Waals surface area contributed by atoms with Gasteiger partial charge in [-0.25, -0.2) is 4.79 Å². The van der Waals surface area contributed by atoms with Crippen LogP contribution in [0.15, 0.2) is 54.6 Å². The Kier molecular flexibility index (Phi) is 6.12. The SMILES string of the molecule is Cc1cc(C(=O)OCC(=O)N(C)Cc2ccc(N(C)C)cc2)c2ccccc2n1. The lowest BCUT2D eigenvalue weighted by atomic mass is 10.1. The zero-order chi connectivity index (χ0) is 21.0. The average Bonchev–Trinajstić information content (AvgIpc) is 2.71. The molecule has 150 valence electrons. The highest BCUT2D eigenvalue weighted by molar-refractivity contribution is 6.04. The number of likely N-dealkylation sites (N-methyl/N-ethyl adjacent to an activating group) is 1. The number of amides is 1. The number of ether oxygens (including phenoxy) is 1. The van der Waals surface area contributed by atoms with Gasteiger partial charge in [-0.15, -0.1) is 0 Å². The van der Waals surface area contributed by atoms with E-state index in [-0.39, 0.29) is 12.5 Å². The van der Waals surface area contributed by atoms with Gasteiger partial charge in [-0.1, -0.05) is 30.3 Å². The van der Waals surface area contributed by atoms with Crippen molar-refractivity contribution in [3.05, 3.63) is 71.4 Å². The number of aryl methyl sites for hydroxylation is 1. The van der Waals surface area contributed by atoms with Crippen molar-refractivity contribution in [2.45, 2.75) is 13.5 Å². The highest BCUT2D eigenvalue weighted by Crippen LogP contribution is 2.19. The third-order valence-electron chi connectivity index (χ3n) is 4.69. The number of benzene rings is 2. The highest BCUT2D eigenvalue weighted by Gasteiger charge is 2.17. The van der Waals surface area contributed by atoms with E-state index in [1.165, 1.54) is 0 Å². The summed E-state index contributed by atoms with van der Waals surface area (Å²) in [6.07, 6.45) is 0. The molecule has 6 nitrogen and oxygen atoms in total. The third kappa shape index (κ3) is 4.90. The number of carbonyl (C=O) groups is 2. The number of aromatic nitrogens is 1. The van der Waals surface area contributed by atoms with Gasteiger partial charge in [0.25, 0.3) is 5.91 Å². The Morgan fingerprint density at radius 2 is 1.69 bits per heavy atom. The van der Waals surface area contributed by atoms with Gasteiger partial charge in [0.2, 0.25) is 0 Å². The molecule has 0 aliphatic carbocycles. The van der Waals surface area contributed by atoms with E-state index in [2.05, 4.69) is 4.98 Å². The van der Waals surface area contributed by atoms with E-state index in [1.54, 1.807) is 18.0 Å². The van der Waals surface area contributed by atoms with Crippen LogP contribution in [0.3, 0.4) is 0 Å². The number of fused-ring (bicyclic) bond motifs is 1. The van der Waals surface area contributed by atoms with Crippen molar-refractivity contribution >= 4 is 28.5 Å². The first kappa shape index (κ1) is 20.3. The average molecular weight is 391 g/mol. The van der Waals surface area contributed by atoms with Crippen LogP contribution >= 0.6 is 0 Å². The molecule has 0 atom stereocenters. The number of hydrogen-bond donors (Lipinski definition) is 0. The maximum Gasteiger partial charge on any atom is 0.339 e. The van der Waals surface area contributed by atoms with Crippen LogP contribution in [0.2, 0.25) is 0 Å². The molecule has 3 aromatic rings. The minimum absolute atomic E-state index is 0.259. The van der Waals surface area contributed by atoms with Crippen LogP contribution in [0.25, 0.3) is 10.9 Å². The molecule has 0 aliphatic rings. The summed E-state index contributed by atoms with van der Waals surface area (Å²) in [6, 6.07) is 17.0. The number of esters is 1. The second-order valence-electron chi connectivity index (χ2n) is 7.22. The number of anilines is 1. The smallest absolute Gasteiger partial charge is 0.339 e. The van der Waals surface area contributed by atoms with Crippen molar-refractivity contribution in [3.63, 3.8) is 0 Å². The highest BCUT2D eigenvalue weighted by atomic mass is 16.5. The van der Waals surface area contributed by atoms with Crippen LogP contribution < -0.4 is 4.90 Å². The molecule has 0 unspecified atom stereocenters. The Bertz CT molecular complexity index is 1030. The van der Waals surface area contributed by atoms with E-state index >= 15 is 0 Å². The summed E-state index contributed by atoms with van der Waals surface area (Å²) in [5, 5.41) is 0.713. The summed E-state index contributed by atoms with van der Waals surface area (Å²) >= 11 is 0. The minimum Gasteiger partial charge on any atom is -0.452 e. The molecule has 3 rings (SSSR count). The number of hydrogen-bond acceptors (Lipinski definition) is 5. The summed E-state index contributed by atoms with van der Waals surface area (Å²) in [7, 11) is 5.65. The molecule has 0 bridgehead atoms. The molecule has 0 N–H and O–H groups in total. The summed E-state index contributed by atoms with van der Waals surface area (Å²) in [4.78, 5) is 33.0. The van der Waals surface area contributed by atoms with Gasteiger partial charge in [0.15, 0.2) is 6.61 Å². The van der Waals surface area contributed by atoms with E-state index in [0.29, 0.717) is 17.5 Å². The molecule has 0 fully saturated rings. The van der Waals surface area contributed by atoms with Crippen LogP contribution in [-0.2, 0) is 16.1 Å². The maximum atomic E-state index is 12.6. The minimum atomic E-state index is -0.524. The monoisotopic (exact) mass is 391 g/mol.